The van der Waals surface area contributed by atoms with Gasteiger partial charge in [0, 0.05) is 4.47 Å². The minimum absolute atomic E-state index is 0.134. The van der Waals surface area contributed by atoms with E-state index in [1.54, 1.807) is 30.3 Å². The van der Waals surface area contributed by atoms with E-state index in [-0.39, 0.29) is 5.75 Å². The van der Waals surface area contributed by atoms with E-state index in [9.17, 15) is 4.39 Å². The van der Waals surface area contributed by atoms with Crippen molar-refractivity contribution in [2.75, 3.05) is 0 Å². The molecule has 4 heteroatoms. The number of hydrogen-bond acceptors (Lipinski definition) is 2. The van der Waals surface area contributed by atoms with Crippen molar-refractivity contribution in [3.63, 3.8) is 0 Å². The van der Waals surface area contributed by atoms with E-state index in [1.165, 1.54) is 12.1 Å². The molecule has 0 unspecified atom stereocenters. The van der Waals surface area contributed by atoms with E-state index < -0.39 is 5.82 Å². The molecule has 0 bridgehead atoms. The Hall–Kier alpha value is -1.86. The maximum absolute atomic E-state index is 13.4. The third-order valence-corrected chi connectivity index (χ3v) is 2.52. The third-order valence-electron chi connectivity index (χ3n) is 2.06. The van der Waals surface area contributed by atoms with Gasteiger partial charge in [0.15, 0.2) is 11.6 Å². The largest absolute Gasteiger partial charge is 0.454 e. The van der Waals surface area contributed by atoms with Crippen molar-refractivity contribution in [3.05, 3.63) is 58.3 Å². The number of nitrogens with zero attached hydrogens (tertiary/aromatic N) is 1. The Balaban J connectivity index is 2.34. The van der Waals surface area contributed by atoms with Gasteiger partial charge in [0.1, 0.15) is 5.75 Å². The first kappa shape index (κ1) is 11.6. The Morgan fingerprint density at radius 2 is 1.94 bits per heavy atom. The minimum atomic E-state index is -0.439. The fourth-order valence-electron chi connectivity index (χ4n) is 1.34. The SMILES string of the molecule is N#Cc1cc(Br)cc(Oc2ccccc2F)c1. The molecule has 0 saturated carbocycles. The second kappa shape index (κ2) is 4.98. The average Bonchev–Trinajstić information content (AvgIpc) is 2.31. The normalized spacial score (nSPS) is 9.71. The van der Waals surface area contributed by atoms with Crippen molar-refractivity contribution in [3.8, 4) is 17.6 Å². The summed E-state index contributed by atoms with van der Waals surface area (Å²) < 4.78 is 19.4. The average molecular weight is 292 g/mol. The van der Waals surface area contributed by atoms with Gasteiger partial charge in [-0.1, -0.05) is 28.1 Å². The highest BCUT2D eigenvalue weighted by Gasteiger charge is 2.05. The Kier molecular flexibility index (Phi) is 3.40. The van der Waals surface area contributed by atoms with Crippen molar-refractivity contribution in [1.29, 1.82) is 5.26 Å². The van der Waals surface area contributed by atoms with Gasteiger partial charge >= 0.3 is 0 Å². The summed E-state index contributed by atoms with van der Waals surface area (Å²) in [4.78, 5) is 0. The van der Waals surface area contributed by atoms with Gasteiger partial charge in [-0.05, 0) is 30.3 Å². The Morgan fingerprint density at radius 3 is 2.65 bits per heavy atom. The van der Waals surface area contributed by atoms with Gasteiger partial charge in [-0.15, -0.1) is 0 Å². The van der Waals surface area contributed by atoms with Crippen LogP contribution in [-0.4, -0.2) is 0 Å². The second-order valence-electron chi connectivity index (χ2n) is 3.32. The molecule has 2 rings (SSSR count). The van der Waals surface area contributed by atoms with Crippen molar-refractivity contribution < 1.29 is 9.13 Å². The van der Waals surface area contributed by atoms with Crippen LogP contribution < -0.4 is 4.74 Å². The molecule has 0 aromatic heterocycles. The third kappa shape index (κ3) is 2.83. The van der Waals surface area contributed by atoms with Crippen LogP contribution in [0.3, 0.4) is 0 Å². The van der Waals surface area contributed by atoms with Crippen LogP contribution in [0.15, 0.2) is 46.9 Å². The van der Waals surface area contributed by atoms with Crippen LogP contribution in [0.25, 0.3) is 0 Å². The maximum atomic E-state index is 13.4. The van der Waals surface area contributed by atoms with E-state index in [4.69, 9.17) is 10.00 Å². The van der Waals surface area contributed by atoms with Crippen LogP contribution in [0.4, 0.5) is 4.39 Å². The molecule has 0 heterocycles. The summed E-state index contributed by atoms with van der Waals surface area (Å²) >= 11 is 3.26. The first-order valence-electron chi connectivity index (χ1n) is 4.82. The highest BCUT2D eigenvalue weighted by atomic mass is 79.9. The van der Waals surface area contributed by atoms with Crippen LogP contribution in [0, 0.1) is 17.1 Å². The summed E-state index contributed by atoms with van der Waals surface area (Å²) in [6.45, 7) is 0. The van der Waals surface area contributed by atoms with Gasteiger partial charge in [-0.25, -0.2) is 4.39 Å². The number of rotatable bonds is 2. The van der Waals surface area contributed by atoms with E-state index >= 15 is 0 Å². The summed E-state index contributed by atoms with van der Waals surface area (Å²) in [5.74, 6) is 0.112. The second-order valence-corrected chi connectivity index (χ2v) is 4.24. The van der Waals surface area contributed by atoms with Gasteiger partial charge in [-0.3, -0.25) is 0 Å². The molecular weight excluding hydrogens is 285 g/mol. The first-order valence-corrected chi connectivity index (χ1v) is 5.61. The van der Waals surface area contributed by atoms with E-state index in [0.29, 0.717) is 15.8 Å². The molecule has 0 aliphatic heterocycles. The van der Waals surface area contributed by atoms with E-state index in [0.717, 1.165) is 0 Å². The zero-order valence-electron chi connectivity index (χ0n) is 8.65. The maximum Gasteiger partial charge on any atom is 0.165 e. The Labute approximate surface area is 106 Å². The molecule has 0 N–H and O–H groups in total. The predicted molar refractivity (Wildman–Crippen MR) is 65.3 cm³/mol. The molecule has 2 aromatic carbocycles. The molecule has 0 radical (unpaired) electrons. The molecule has 0 atom stereocenters. The number of benzene rings is 2. The molecular formula is C13H7BrFNO. The number of nitriles is 1. The fourth-order valence-corrected chi connectivity index (χ4v) is 1.81. The van der Waals surface area contributed by atoms with E-state index in [2.05, 4.69) is 15.9 Å². The molecule has 2 aromatic rings. The highest BCUT2D eigenvalue weighted by molar-refractivity contribution is 9.10. The van der Waals surface area contributed by atoms with E-state index in [1.807, 2.05) is 6.07 Å². The smallest absolute Gasteiger partial charge is 0.165 e. The lowest BCUT2D eigenvalue weighted by Crippen LogP contribution is -1.88. The topological polar surface area (TPSA) is 33.0 Å². The summed E-state index contributed by atoms with van der Waals surface area (Å²) in [6, 6.07) is 13.0. The standard InChI is InChI=1S/C13H7BrFNO/c14-10-5-9(8-16)6-11(7-10)17-13-4-2-1-3-12(13)15/h1-7H. The van der Waals surface area contributed by atoms with Gasteiger partial charge in [0.25, 0.3) is 0 Å². The Morgan fingerprint density at radius 1 is 1.18 bits per heavy atom. The van der Waals surface area contributed by atoms with Crippen molar-refractivity contribution in [1.82, 2.24) is 0 Å². The molecule has 17 heavy (non-hydrogen) atoms. The van der Waals surface area contributed by atoms with Crippen molar-refractivity contribution in [2.45, 2.75) is 0 Å². The van der Waals surface area contributed by atoms with Crippen LogP contribution in [0.1, 0.15) is 5.56 Å². The molecule has 0 saturated heterocycles. The number of ether oxygens (including phenoxy) is 1. The fraction of sp³-hybridized carbons (Fsp3) is 0. The van der Waals surface area contributed by atoms with Gasteiger partial charge in [0.05, 0.1) is 11.6 Å². The van der Waals surface area contributed by atoms with Crippen LogP contribution in [0.5, 0.6) is 11.5 Å². The first-order chi connectivity index (χ1) is 8.19. The lowest BCUT2D eigenvalue weighted by atomic mass is 10.2. The van der Waals surface area contributed by atoms with Gasteiger partial charge < -0.3 is 4.74 Å². The quantitative estimate of drug-likeness (QED) is 0.828. The summed E-state index contributed by atoms with van der Waals surface area (Å²) in [7, 11) is 0. The molecule has 0 aliphatic carbocycles. The summed E-state index contributed by atoms with van der Waals surface area (Å²) in [5, 5.41) is 8.81. The monoisotopic (exact) mass is 291 g/mol. The van der Waals surface area contributed by atoms with Crippen molar-refractivity contribution >= 4 is 15.9 Å². The van der Waals surface area contributed by atoms with Crippen LogP contribution in [0.2, 0.25) is 0 Å². The van der Waals surface area contributed by atoms with Crippen molar-refractivity contribution in [2.24, 2.45) is 0 Å². The number of para-hydroxylation sites is 1. The van der Waals surface area contributed by atoms with Crippen LogP contribution >= 0.6 is 15.9 Å². The minimum Gasteiger partial charge on any atom is -0.454 e. The summed E-state index contributed by atoms with van der Waals surface area (Å²) in [5.41, 5.74) is 0.450. The predicted octanol–water partition coefficient (Wildman–Crippen LogP) is 4.25. The number of halogens is 2. The lowest BCUT2D eigenvalue weighted by molar-refractivity contribution is 0.442. The molecule has 0 aliphatic rings. The zero-order chi connectivity index (χ0) is 12.3. The highest BCUT2D eigenvalue weighted by Crippen LogP contribution is 2.27. The molecule has 84 valence electrons. The molecule has 0 amide bonds. The van der Waals surface area contributed by atoms with Crippen LogP contribution in [-0.2, 0) is 0 Å². The lowest BCUT2D eigenvalue weighted by Gasteiger charge is -2.07. The van der Waals surface area contributed by atoms with Gasteiger partial charge in [-0.2, -0.15) is 5.26 Å². The molecule has 0 spiro atoms. The van der Waals surface area contributed by atoms with Gasteiger partial charge in [0.2, 0.25) is 0 Å². The Bertz CT molecular complexity index is 592. The number of hydrogen-bond donors (Lipinski definition) is 0. The molecule has 0 fully saturated rings. The molecule has 2 nitrogen and oxygen atoms in total. The zero-order valence-corrected chi connectivity index (χ0v) is 10.2. The summed E-state index contributed by atoms with van der Waals surface area (Å²) in [6.07, 6.45) is 0.